The molecular weight excluding hydrogens is 452 g/mol. The summed E-state index contributed by atoms with van der Waals surface area (Å²) >= 11 is 7.95. The number of amides is 1. The van der Waals surface area contributed by atoms with Gasteiger partial charge < -0.3 is 14.7 Å². The number of benzene rings is 1. The lowest BCUT2D eigenvalue weighted by atomic mass is 9.84. The number of carbonyl (C=O) groups excluding carboxylic acids is 1. The van der Waals surface area contributed by atoms with Gasteiger partial charge in [-0.1, -0.05) is 42.4 Å². The monoisotopic (exact) mass is 478 g/mol. The van der Waals surface area contributed by atoms with Crippen LogP contribution in [0.2, 0.25) is 4.34 Å². The summed E-state index contributed by atoms with van der Waals surface area (Å²) in [6.07, 6.45) is 3.37. The van der Waals surface area contributed by atoms with Crippen LogP contribution in [0.4, 0.5) is 5.82 Å². The predicted octanol–water partition coefficient (Wildman–Crippen LogP) is 4.88. The van der Waals surface area contributed by atoms with Crippen molar-refractivity contribution in [2.24, 2.45) is 0 Å². The summed E-state index contributed by atoms with van der Waals surface area (Å²) in [5, 5.41) is 0. The third kappa shape index (κ3) is 4.43. The van der Waals surface area contributed by atoms with Crippen molar-refractivity contribution >= 4 is 34.7 Å². The number of aromatic nitrogens is 1. The highest BCUT2D eigenvalue weighted by molar-refractivity contribution is 7.16. The molecule has 2 aliphatic heterocycles. The van der Waals surface area contributed by atoms with Crippen LogP contribution in [-0.2, 0) is 11.3 Å². The van der Waals surface area contributed by atoms with Crippen molar-refractivity contribution in [3.63, 3.8) is 0 Å². The number of pyridine rings is 1. The molecule has 0 radical (unpaired) electrons. The highest BCUT2D eigenvalue weighted by Crippen LogP contribution is 2.42. The first-order chi connectivity index (χ1) is 16.0. The Hall–Kier alpha value is -2.67. The number of halogens is 1. The molecule has 0 N–H and O–H groups in total. The molecule has 7 heteroatoms. The molecule has 4 heterocycles. The number of thiophene rings is 1. The van der Waals surface area contributed by atoms with Gasteiger partial charge in [-0.05, 0) is 48.0 Å². The van der Waals surface area contributed by atoms with Crippen LogP contribution < -0.4 is 4.90 Å². The predicted molar refractivity (Wildman–Crippen MR) is 136 cm³/mol. The summed E-state index contributed by atoms with van der Waals surface area (Å²) in [4.78, 5) is 25.0. The van der Waals surface area contributed by atoms with Crippen LogP contribution in [0.25, 0.3) is 11.1 Å². The van der Waals surface area contributed by atoms with E-state index in [1.807, 2.05) is 11.1 Å². The number of rotatable bonds is 4. The zero-order valence-corrected chi connectivity index (χ0v) is 20.3. The SMILES string of the molecule is C=CC(=O)N1Cc2sc(Cl)cc2[C@@H](c2ccccc2-c2ccc(N3CCN(C)CC3)nc2)C1. The molecule has 1 aromatic carbocycles. The maximum Gasteiger partial charge on any atom is 0.246 e. The minimum absolute atomic E-state index is 0.0501. The Morgan fingerprint density at radius 3 is 2.67 bits per heavy atom. The first-order valence-corrected chi connectivity index (χ1v) is 12.4. The lowest BCUT2D eigenvalue weighted by molar-refractivity contribution is -0.127. The molecule has 0 spiro atoms. The second-order valence-electron chi connectivity index (χ2n) is 8.69. The van der Waals surface area contributed by atoms with E-state index in [4.69, 9.17) is 16.6 Å². The van der Waals surface area contributed by atoms with Crippen LogP contribution in [0.1, 0.15) is 21.9 Å². The Kier molecular flexibility index (Phi) is 6.23. The fraction of sp³-hybridized carbons (Fsp3) is 0.308. The van der Waals surface area contributed by atoms with Gasteiger partial charge in [0, 0.05) is 55.3 Å². The summed E-state index contributed by atoms with van der Waals surface area (Å²) in [5.41, 5.74) is 4.62. The van der Waals surface area contributed by atoms with E-state index in [1.165, 1.54) is 17.2 Å². The van der Waals surface area contributed by atoms with Crippen LogP contribution in [0.5, 0.6) is 0 Å². The number of anilines is 1. The molecule has 0 unspecified atom stereocenters. The van der Waals surface area contributed by atoms with Crippen LogP contribution in [0, 0.1) is 0 Å². The average Bonchev–Trinajstić information content (AvgIpc) is 3.23. The number of nitrogens with zero attached hydrogens (tertiary/aromatic N) is 4. The molecule has 170 valence electrons. The number of piperazine rings is 1. The van der Waals surface area contributed by atoms with Crippen LogP contribution in [0.15, 0.2) is 61.3 Å². The molecule has 1 atom stereocenters. The molecule has 0 aliphatic carbocycles. The summed E-state index contributed by atoms with van der Waals surface area (Å²) < 4.78 is 0.758. The van der Waals surface area contributed by atoms with E-state index >= 15 is 0 Å². The molecule has 0 bridgehead atoms. The second kappa shape index (κ2) is 9.29. The topological polar surface area (TPSA) is 39.7 Å². The first-order valence-electron chi connectivity index (χ1n) is 11.2. The molecule has 5 nitrogen and oxygen atoms in total. The van der Waals surface area contributed by atoms with Crippen molar-refractivity contribution in [3.8, 4) is 11.1 Å². The Labute approximate surface area is 203 Å². The van der Waals surface area contributed by atoms with Crippen molar-refractivity contribution < 1.29 is 4.79 Å². The molecule has 2 aromatic heterocycles. The van der Waals surface area contributed by atoms with Gasteiger partial charge in [-0.15, -0.1) is 11.3 Å². The molecule has 3 aromatic rings. The molecule has 2 aliphatic rings. The summed E-state index contributed by atoms with van der Waals surface area (Å²) in [7, 11) is 2.16. The Bertz CT molecular complexity index is 1170. The van der Waals surface area contributed by atoms with Gasteiger partial charge in [0.15, 0.2) is 0 Å². The third-order valence-electron chi connectivity index (χ3n) is 6.63. The maximum absolute atomic E-state index is 12.5. The molecule has 1 fully saturated rings. The molecule has 0 saturated carbocycles. The van der Waals surface area contributed by atoms with E-state index in [0.717, 1.165) is 52.3 Å². The minimum atomic E-state index is -0.0501. The van der Waals surface area contributed by atoms with Gasteiger partial charge in [0.25, 0.3) is 0 Å². The number of likely N-dealkylation sites (N-methyl/N-ethyl adjacent to an activating group) is 1. The molecule has 1 amide bonds. The minimum Gasteiger partial charge on any atom is -0.354 e. The normalized spacial score (nSPS) is 18.8. The number of hydrogen-bond acceptors (Lipinski definition) is 5. The highest BCUT2D eigenvalue weighted by Gasteiger charge is 2.31. The smallest absolute Gasteiger partial charge is 0.246 e. The Balaban J connectivity index is 1.49. The van der Waals surface area contributed by atoms with Gasteiger partial charge in [-0.2, -0.15) is 0 Å². The van der Waals surface area contributed by atoms with Gasteiger partial charge in [0.2, 0.25) is 5.91 Å². The van der Waals surface area contributed by atoms with Gasteiger partial charge in [0.1, 0.15) is 5.82 Å². The lowest BCUT2D eigenvalue weighted by Crippen LogP contribution is -2.44. The van der Waals surface area contributed by atoms with E-state index in [1.54, 1.807) is 11.3 Å². The quantitative estimate of drug-likeness (QED) is 0.501. The molecule has 5 rings (SSSR count). The largest absolute Gasteiger partial charge is 0.354 e. The van der Waals surface area contributed by atoms with Gasteiger partial charge >= 0.3 is 0 Å². The van der Waals surface area contributed by atoms with Crippen LogP contribution in [0.3, 0.4) is 0 Å². The van der Waals surface area contributed by atoms with Crippen molar-refractivity contribution in [1.82, 2.24) is 14.8 Å². The lowest BCUT2D eigenvalue weighted by Gasteiger charge is -2.34. The summed E-state index contributed by atoms with van der Waals surface area (Å²) in [6.45, 7) is 8.97. The number of hydrogen-bond donors (Lipinski definition) is 0. The number of carbonyl (C=O) groups is 1. The van der Waals surface area contributed by atoms with Crippen molar-refractivity contribution in [3.05, 3.63) is 81.7 Å². The van der Waals surface area contributed by atoms with E-state index in [-0.39, 0.29) is 11.8 Å². The van der Waals surface area contributed by atoms with E-state index in [0.29, 0.717) is 13.1 Å². The van der Waals surface area contributed by atoms with Crippen molar-refractivity contribution in [2.45, 2.75) is 12.5 Å². The second-order valence-corrected chi connectivity index (χ2v) is 10.5. The maximum atomic E-state index is 12.5. The average molecular weight is 479 g/mol. The third-order valence-corrected chi connectivity index (χ3v) is 7.90. The Morgan fingerprint density at radius 1 is 1.15 bits per heavy atom. The standard InChI is InChI=1S/C26H27ClN4OS/c1-3-26(32)31-16-22(21-14-24(27)33-23(21)17-31)20-7-5-4-6-19(20)18-8-9-25(28-15-18)30-12-10-29(2)11-13-30/h3-9,14-15,22H,1,10-13,16-17H2,2H3/t22-/m1/s1. The summed E-state index contributed by atoms with van der Waals surface area (Å²) in [5.74, 6) is 1.03. The van der Waals surface area contributed by atoms with Gasteiger partial charge in [0.05, 0.1) is 10.9 Å². The van der Waals surface area contributed by atoms with Crippen molar-refractivity contribution in [2.75, 3.05) is 44.7 Å². The summed E-state index contributed by atoms with van der Waals surface area (Å²) in [6, 6.07) is 14.8. The van der Waals surface area contributed by atoms with E-state index in [9.17, 15) is 4.79 Å². The van der Waals surface area contributed by atoms with Crippen LogP contribution >= 0.6 is 22.9 Å². The van der Waals surface area contributed by atoms with E-state index < -0.39 is 0 Å². The van der Waals surface area contributed by atoms with E-state index in [2.05, 4.69) is 65.9 Å². The van der Waals surface area contributed by atoms with Crippen molar-refractivity contribution in [1.29, 1.82) is 0 Å². The Morgan fingerprint density at radius 2 is 1.94 bits per heavy atom. The van der Waals surface area contributed by atoms with Gasteiger partial charge in [-0.25, -0.2) is 4.98 Å². The molecular formula is C26H27ClN4OS. The fourth-order valence-corrected chi connectivity index (χ4v) is 6.14. The molecule has 1 saturated heterocycles. The number of fused-ring (bicyclic) bond motifs is 1. The van der Waals surface area contributed by atoms with Crippen LogP contribution in [-0.4, -0.2) is 60.5 Å². The zero-order chi connectivity index (χ0) is 22.9. The fourth-order valence-electron chi connectivity index (χ4n) is 4.78. The highest BCUT2D eigenvalue weighted by atomic mass is 35.5. The van der Waals surface area contributed by atoms with Gasteiger partial charge in [-0.3, -0.25) is 4.79 Å². The zero-order valence-electron chi connectivity index (χ0n) is 18.7. The molecule has 33 heavy (non-hydrogen) atoms. The first kappa shape index (κ1) is 22.1.